The van der Waals surface area contributed by atoms with Gasteiger partial charge in [0.2, 0.25) is 0 Å². The first-order chi connectivity index (χ1) is 9.75. The molecule has 0 saturated carbocycles. The first-order valence-corrected chi connectivity index (χ1v) is 6.37. The van der Waals surface area contributed by atoms with Crippen molar-refractivity contribution in [1.82, 2.24) is 5.32 Å². The molecule has 0 heterocycles. The Bertz CT molecular complexity index is 558. The van der Waals surface area contributed by atoms with Gasteiger partial charge in [0, 0.05) is 25.2 Å². The molecule has 0 aromatic heterocycles. The fraction of sp³-hybridized carbons (Fsp3) is 0.200. The normalized spacial score (nSPS) is 10.2. The van der Waals surface area contributed by atoms with Crippen LogP contribution >= 0.6 is 0 Å². The van der Waals surface area contributed by atoms with Crippen molar-refractivity contribution in [2.24, 2.45) is 0 Å². The number of hydrogen-bond acceptors (Lipinski definition) is 4. The molecule has 0 saturated heterocycles. The summed E-state index contributed by atoms with van der Waals surface area (Å²) in [6.45, 7) is 1.82. The van der Waals surface area contributed by atoms with Crippen molar-refractivity contribution in [1.29, 1.82) is 0 Å². The third kappa shape index (κ3) is 4.37. The molecule has 0 amide bonds. The maximum absolute atomic E-state index is 10.7. The van der Waals surface area contributed by atoms with Gasteiger partial charge >= 0.3 is 0 Å². The standard InChI is InChI=1S/C15H16N2O3/c18-17(19)14-6-4-5-13(11-14)12-16-9-10-20-15-7-2-1-3-8-15/h1-8,11,16H,9-10,12H2. The second kappa shape index (κ2) is 7.25. The predicted molar refractivity (Wildman–Crippen MR) is 76.7 cm³/mol. The highest BCUT2D eigenvalue weighted by atomic mass is 16.6. The summed E-state index contributed by atoms with van der Waals surface area (Å²) >= 11 is 0. The van der Waals surface area contributed by atoms with E-state index in [1.54, 1.807) is 12.1 Å². The van der Waals surface area contributed by atoms with E-state index in [9.17, 15) is 10.1 Å². The molecule has 0 fully saturated rings. The lowest BCUT2D eigenvalue weighted by Crippen LogP contribution is -2.20. The molecule has 0 atom stereocenters. The van der Waals surface area contributed by atoms with Gasteiger partial charge < -0.3 is 10.1 Å². The number of nitro benzene ring substituents is 1. The van der Waals surface area contributed by atoms with Crippen LogP contribution in [0.4, 0.5) is 5.69 Å². The molecule has 2 aromatic carbocycles. The van der Waals surface area contributed by atoms with Gasteiger partial charge in [-0.3, -0.25) is 10.1 Å². The lowest BCUT2D eigenvalue weighted by Gasteiger charge is -2.07. The summed E-state index contributed by atoms with van der Waals surface area (Å²) in [5, 5.41) is 13.8. The Labute approximate surface area is 117 Å². The maximum atomic E-state index is 10.7. The predicted octanol–water partition coefficient (Wildman–Crippen LogP) is 2.76. The molecule has 5 nitrogen and oxygen atoms in total. The minimum absolute atomic E-state index is 0.116. The van der Waals surface area contributed by atoms with Crippen molar-refractivity contribution in [3.63, 3.8) is 0 Å². The van der Waals surface area contributed by atoms with E-state index in [2.05, 4.69) is 5.32 Å². The number of ether oxygens (including phenoxy) is 1. The van der Waals surface area contributed by atoms with E-state index in [1.807, 2.05) is 36.4 Å². The number of para-hydroxylation sites is 1. The molecule has 0 radical (unpaired) electrons. The lowest BCUT2D eigenvalue weighted by molar-refractivity contribution is -0.384. The van der Waals surface area contributed by atoms with Crippen LogP contribution in [0.5, 0.6) is 5.75 Å². The number of hydrogen-bond donors (Lipinski definition) is 1. The zero-order chi connectivity index (χ0) is 14.2. The fourth-order valence-electron chi connectivity index (χ4n) is 1.77. The summed E-state index contributed by atoms with van der Waals surface area (Å²) in [4.78, 5) is 10.3. The Morgan fingerprint density at radius 1 is 1.10 bits per heavy atom. The Hall–Kier alpha value is -2.40. The largest absolute Gasteiger partial charge is 0.492 e. The van der Waals surface area contributed by atoms with Crippen LogP contribution in [-0.2, 0) is 6.54 Å². The lowest BCUT2D eigenvalue weighted by atomic mass is 10.2. The molecule has 0 aliphatic rings. The molecule has 1 N–H and O–H groups in total. The van der Waals surface area contributed by atoms with Gasteiger partial charge in [-0.1, -0.05) is 30.3 Å². The summed E-state index contributed by atoms with van der Waals surface area (Å²) in [7, 11) is 0. The number of rotatable bonds is 7. The molecule has 104 valence electrons. The summed E-state index contributed by atoms with van der Waals surface area (Å²) in [5.74, 6) is 0.838. The Kier molecular flexibility index (Phi) is 5.08. The van der Waals surface area contributed by atoms with Crippen molar-refractivity contribution in [2.75, 3.05) is 13.2 Å². The Balaban J connectivity index is 1.71. The highest BCUT2D eigenvalue weighted by Gasteiger charge is 2.04. The highest BCUT2D eigenvalue weighted by Crippen LogP contribution is 2.12. The minimum Gasteiger partial charge on any atom is -0.492 e. The molecule has 0 aliphatic heterocycles. The number of benzene rings is 2. The van der Waals surface area contributed by atoms with Crippen molar-refractivity contribution in [3.8, 4) is 5.75 Å². The zero-order valence-electron chi connectivity index (χ0n) is 11.0. The number of non-ortho nitro benzene ring substituents is 1. The third-order valence-corrected chi connectivity index (χ3v) is 2.74. The first-order valence-electron chi connectivity index (χ1n) is 6.37. The van der Waals surface area contributed by atoms with Crippen molar-refractivity contribution < 1.29 is 9.66 Å². The van der Waals surface area contributed by atoms with Gasteiger partial charge in [-0.15, -0.1) is 0 Å². The average molecular weight is 272 g/mol. The number of nitrogens with one attached hydrogen (secondary N) is 1. The monoisotopic (exact) mass is 272 g/mol. The van der Waals surface area contributed by atoms with Crippen molar-refractivity contribution in [2.45, 2.75) is 6.54 Å². The molecule has 0 aliphatic carbocycles. The van der Waals surface area contributed by atoms with Crippen LogP contribution in [0.2, 0.25) is 0 Å². The van der Waals surface area contributed by atoms with Crippen LogP contribution in [0.1, 0.15) is 5.56 Å². The van der Waals surface area contributed by atoms with Gasteiger partial charge in [-0.05, 0) is 17.7 Å². The van der Waals surface area contributed by atoms with Crippen LogP contribution in [-0.4, -0.2) is 18.1 Å². The van der Waals surface area contributed by atoms with Crippen molar-refractivity contribution in [3.05, 3.63) is 70.3 Å². The second-order valence-corrected chi connectivity index (χ2v) is 4.27. The highest BCUT2D eigenvalue weighted by molar-refractivity contribution is 5.34. The molecular weight excluding hydrogens is 256 g/mol. The van der Waals surface area contributed by atoms with Gasteiger partial charge in [0.25, 0.3) is 5.69 Å². The second-order valence-electron chi connectivity index (χ2n) is 4.27. The minimum atomic E-state index is -0.387. The fourth-order valence-corrected chi connectivity index (χ4v) is 1.77. The molecule has 2 aromatic rings. The van der Waals surface area contributed by atoms with Crippen molar-refractivity contribution >= 4 is 5.69 Å². The van der Waals surface area contributed by atoms with E-state index in [-0.39, 0.29) is 10.6 Å². The third-order valence-electron chi connectivity index (χ3n) is 2.74. The summed E-state index contributed by atoms with van der Waals surface area (Å²) in [5.41, 5.74) is 1.00. The molecular formula is C15H16N2O3. The van der Waals surface area contributed by atoms with Crippen LogP contribution in [0.3, 0.4) is 0 Å². The summed E-state index contributed by atoms with van der Waals surface area (Å²) < 4.78 is 5.54. The van der Waals surface area contributed by atoms with E-state index in [0.717, 1.165) is 11.3 Å². The first kappa shape index (κ1) is 14.0. The van der Waals surface area contributed by atoms with Crippen LogP contribution in [0.15, 0.2) is 54.6 Å². The Morgan fingerprint density at radius 2 is 1.90 bits per heavy atom. The van der Waals surface area contributed by atoms with E-state index < -0.39 is 0 Å². The van der Waals surface area contributed by atoms with E-state index in [1.165, 1.54) is 6.07 Å². The molecule has 20 heavy (non-hydrogen) atoms. The molecule has 5 heteroatoms. The van der Waals surface area contributed by atoms with Gasteiger partial charge in [0.05, 0.1) is 4.92 Å². The van der Waals surface area contributed by atoms with E-state index >= 15 is 0 Å². The molecule has 0 unspecified atom stereocenters. The van der Waals surface area contributed by atoms with Gasteiger partial charge in [0.1, 0.15) is 12.4 Å². The van der Waals surface area contributed by atoms with Gasteiger partial charge in [0.15, 0.2) is 0 Å². The molecule has 0 spiro atoms. The quantitative estimate of drug-likeness (QED) is 0.478. The van der Waals surface area contributed by atoms with Crippen LogP contribution in [0.25, 0.3) is 0 Å². The average Bonchev–Trinajstić information content (AvgIpc) is 2.48. The SMILES string of the molecule is O=[N+]([O-])c1cccc(CNCCOc2ccccc2)c1. The van der Waals surface area contributed by atoms with Crippen LogP contribution in [0, 0.1) is 10.1 Å². The smallest absolute Gasteiger partial charge is 0.269 e. The summed E-state index contributed by atoms with van der Waals surface area (Å²) in [6.07, 6.45) is 0. The van der Waals surface area contributed by atoms with E-state index in [0.29, 0.717) is 19.7 Å². The van der Waals surface area contributed by atoms with E-state index in [4.69, 9.17) is 4.74 Å². The number of nitro groups is 1. The zero-order valence-corrected chi connectivity index (χ0v) is 11.0. The summed E-state index contributed by atoms with van der Waals surface area (Å²) in [6, 6.07) is 16.2. The Morgan fingerprint density at radius 3 is 2.65 bits per heavy atom. The number of nitrogens with zero attached hydrogens (tertiary/aromatic N) is 1. The van der Waals surface area contributed by atoms with Crippen LogP contribution < -0.4 is 10.1 Å². The topological polar surface area (TPSA) is 64.4 Å². The van der Waals surface area contributed by atoms with Gasteiger partial charge in [-0.2, -0.15) is 0 Å². The maximum Gasteiger partial charge on any atom is 0.269 e. The molecule has 2 rings (SSSR count). The van der Waals surface area contributed by atoms with Gasteiger partial charge in [-0.25, -0.2) is 0 Å². The molecule has 0 bridgehead atoms.